The maximum atomic E-state index is 13.3. The normalized spacial score (nSPS) is 16.5. The number of benzene rings is 2. The van der Waals surface area contributed by atoms with Gasteiger partial charge in [-0.3, -0.25) is 9.47 Å². The quantitative estimate of drug-likeness (QED) is 0.356. The van der Waals surface area contributed by atoms with Crippen molar-refractivity contribution in [2.45, 2.75) is 71.3 Å². The second-order valence-corrected chi connectivity index (χ2v) is 9.45. The summed E-state index contributed by atoms with van der Waals surface area (Å²) >= 11 is 0. The highest BCUT2D eigenvalue weighted by atomic mass is 16.1. The van der Waals surface area contributed by atoms with Crippen LogP contribution in [0.5, 0.6) is 0 Å². The Morgan fingerprint density at radius 2 is 1.81 bits per heavy atom. The van der Waals surface area contributed by atoms with Crippen molar-refractivity contribution in [1.29, 1.82) is 0 Å². The predicted octanol–water partition coefficient (Wildman–Crippen LogP) is 5.91. The monoisotopic (exact) mass is 431 g/mol. The molecule has 170 valence electrons. The molecule has 4 nitrogen and oxygen atoms in total. The molecule has 1 aromatic heterocycles. The molecule has 0 radical (unpaired) electrons. The minimum Gasteiger partial charge on any atom is -0.339 e. The van der Waals surface area contributed by atoms with E-state index in [9.17, 15) is 4.79 Å². The van der Waals surface area contributed by atoms with Crippen LogP contribution in [0.15, 0.2) is 48.7 Å². The molecule has 2 N–H and O–H groups in total. The van der Waals surface area contributed by atoms with E-state index in [2.05, 4.69) is 44.0 Å². The fourth-order valence-electron chi connectivity index (χ4n) is 5.32. The summed E-state index contributed by atoms with van der Waals surface area (Å²) in [6.07, 6.45) is 8.94. The van der Waals surface area contributed by atoms with Gasteiger partial charge < -0.3 is 10.7 Å². The highest BCUT2D eigenvalue weighted by Gasteiger charge is 2.26. The van der Waals surface area contributed by atoms with E-state index in [1.165, 1.54) is 24.0 Å². The summed E-state index contributed by atoms with van der Waals surface area (Å²) in [5.74, 6) is 6.89. The number of fused-ring (bicyclic) bond motifs is 1. The lowest BCUT2D eigenvalue weighted by molar-refractivity contribution is 0.103. The van der Waals surface area contributed by atoms with Crippen molar-refractivity contribution in [2.75, 3.05) is 18.9 Å². The molecular weight excluding hydrogens is 394 g/mol. The molecule has 32 heavy (non-hydrogen) atoms. The first kappa shape index (κ1) is 22.6. The summed E-state index contributed by atoms with van der Waals surface area (Å²) < 4.78 is 1.73. The standard InChI is InChI=1S/C28H37N3O/c1-4-7-20(3)30-15-13-22(14-16-30)26-19-31(29)27-12-11-24(18-25(26)27)28(32)23-10-6-9-21(17-23)8-5-2/h6,9-12,17-20,22H,4-5,7-8,13-16,29H2,1-3H3. The van der Waals surface area contributed by atoms with Crippen LogP contribution in [-0.2, 0) is 6.42 Å². The summed E-state index contributed by atoms with van der Waals surface area (Å²) in [4.78, 5) is 15.9. The van der Waals surface area contributed by atoms with E-state index in [-0.39, 0.29) is 5.78 Å². The number of nitrogen functional groups attached to an aromatic ring is 1. The number of ketones is 1. The molecule has 4 heteroatoms. The summed E-state index contributed by atoms with van der Waals surface area (Å²) in [6, 6.07) is 14.7. The molecular formula is C28H37N3O. The highest BCUT2D eigenvalue weighted by Crippen LogP contribution is 2.35. The van der Waals surface area contributed by atoms with E-state index in [4.69, 9.17) is 5.84 Å². The summed E-state index contributed by atoms with van der Waals surface area (Å²) in [5.41, 5.74) is 5.02. The van der Waals surface area contributed by atoms with Crippen molar-refractivity contribution in [3.63, 3.8) is 0 Å². The third-order valence-electron chi connectivity index (χ3n) is 7.15. The highest BCUT2D eigenvalue weighted by molar-refractivity contribution is 6.10. The van der Waals surface area contributed by atoms with Crippen LogP contribution in [0.4, 0.5) is 0 Å². The van der Waals surface area contributed by atoms with Crippen molar-refractivity contribution < 1.29 is 4.79 Å². The number of hydrogen-bond donors (Lipinski definition) is 1. The van der Waals surface area contributed by atoms with E-state index in [0.29, 0.717) is 12.0 Å². The zero-order valence-corrected chi connectivity index (χ0v) is 19.8. The van der Waals surface area contributed by atoms with Crippen LogP contribution in [0.3, 0.4) is 0 Å². The minimum atomic E-state index is 0.0868. The lowest BCUT2D eigenvalue weighted by atomic mass is 9.88. The third kappa shape index (κ3) is 4.61. The minimum absolute atomic E-state index is 0.0868. The average molecular weight is 432 g/mol. The number of piperidine rings is 1. The average Bonchev–Trinajstić information content (AvgIpc) is 3.15. The summed E-state index contributed by atoms with van der Waals surface area (Å²) in [6.45, 7) is 9.04. The molecule has 1 fully saturated rings. The van der Waals surface area contributed by atoms with Crippen LogP contribution >= 0.6 is 0 Å². The van der Waals surface area contributed by atoms with Crippen LogP contribution in [-0.4, -0.2) is 34.5 Å². The molecule has 0 spiro atoms. The van der Waals surface area contributed by atoms with Crippen molar-refractivity contribution >= 4 is 16.7 Å². The molecule has 1 aliphatic heterocycles. The van der Waals surface area contributed by atoms with E-state index in [1.54, 1.807) is 4.68 Å². The van der Waals surface area contributed by atoms with Gasteiger partial charge >= 0.3 is 0 Å². The van der Waals surface area contributed by atoms with E-state index >= 15 is 0 Å². The van der Waals surface area contributed by atoms with Gasteiger partial charge in [0.2, 0.25) is 0 Å². The fourth-order valence-corrected chi connectivity index (χ4v) is 5.32. The second kappa shape index (κ2) is 9.91. The van der Waals surface area contributed by atoms with Gasteiger partial charge in [-0.15, -0.1) is 0 Å². The molecule has 0 aliphatic carbocycles. The van der Waals surface area contributed by atoms with Gasteiger partial charge in [-0.25, -0.2) is 0 Å². The maximum absolute atomic E-state index is 13.3. The summed E-state index contributed by atoms with van der Waals surface area (Å²) in [5, 5.41) is 1.13. The Labute approximate surface area is 192 Å². The van der Waals surface area contributed by atoms with Crippen molar-refractivity contribution in [3.8, 4) is 0 Å². The molecule has 4 rings (SSSR count). The number of likely N-dealkylation sites (tertiary alicyclic amines) is 1. The topological polar surface area (TPSA) is 51.3 Å². The molecule has 1 aliphatic rings. The Morgan fingerprint density at radius 1 is 1.06 bits per heavy atom. The first-order valence-corrected chi connectivity index (χ1v) is 12.3. The molecule has 1 atom stereocenters. The zero-order chi connectivity index (χ0) is 22.7. The molecule has 0 bridgehead atoms. The van der Waals surface area contributed by atoms with Crippen molar-refractivity contribution in [3.05, 3.63) is 70.9 Å². The fraction of sp³-hybridized carbons (Fsp3) is 0.464. The van der Waals surface area contributed by atoms with Crippen LogP contribution in [0, 0.1) is 0 Å². The van der Waals surface area contributed by atoms with Crippen LogP contribution < -0.4 is 5.84 Å². The van der Waals surface area contributed by atoms with Crippen LogP contribution in [0.25, 0.3) is 10.9 Å². The number of nitrogens with two attached hydrogens (primary N) is 1. The molecule has 3 aromatic rings. The number of carbonyl (C=O) groups is 1. The largest absolute Gasteiger partial charge is 0.339 e. The first-order valence-electron chi connectivity index (χ1n) is 12.3. The molecule has 0 saturated carbocycles. The third-order valence-corrected chi connectivity index (χ3v) is 7.15. The number of carbonyl (C=O) groups excluding carboxylic acids is 1. The number of hydrogen-bond acceptors (Lipinski definition) is 3. The second-order valence-electron chi connectivity index (χ2n) is 9.45. The van der Waals surface area contributed by atoms with Gasteiger partial charge in [-0.2, -0.15) is 0 Å². The number of rotatable bonds is 8. The number of aromatic nitrogens is 1. The summed E-state index contributed by atoms with van der Waals surface area (Å²) in [7, 11) is 0. The Morgan fingerprint density at radius 3 is 2.53 bits per heavy atom. The molecule has 2 aromatic carbocycles. The smallest absolute Gasteiger partial charge is 0.193 e. The van der Waals surface area contributed by atoms with E-state index in [1.807, 2.05) is 30.3 Å². The Balaban J connectivity index is 1.59. The van der Waals surface area contributed by atoms with Gasteiger partial charge in [0.15, 0.2) is 5.78 Å². The zero-order valence-electron chi connectivity index (χ0n) is 19.8. The Bertz CT molecular complexity index is 1080. The number of aryl methyl sites for hydroxylation is 1. The van der Waals surface area contributed by atoms with Gasteiger partial charge in [0, 0.05) is 28.8 Å². The van der Waals surface area contributed by atoms with Crippen molar-refractivity contribution in [1.82, 2.24) is 9.58 Å². The number of nitrogens with zero attached hydrogens (tertiary/aromatic N) is 2. The Hall–Kier alpha value is -2.59. The first-order chi connectivity index (χ1) is 15.5. The van der Waals surface area contributed by atoms with E-state index < -0.39 is 0 Å². The van der Waals surface area contributed by atoms with Crippen LogP contribution in [0.1, 0.15) is 85.8 Å². The van der Waals surface area contributed by atoms with Gasteiger partial charge in [-0.1, -0.05) is 44.9 Å². The lowest BCUT2D eigenvalue weighted by Crippen LogP contribution is -2.39. The van der Waals surface area contributed by atoms with Crippen molar-refractivity contribution in [2.24, 2.45) is 0 Å². The molecule has 1 unspecified atom stereocenters. The lowest BCUT2D eigenvalue weighted by Gasteiger charge is -2.36. The van der Waals surface area contributed by atoms with Gasteiger partial charge in [-0.05, 0) is 87.0 Å². The van der Waals surface area contributed by atoms with Gasteiger partial charge in [0.1, 0.15) is 0 Å². The van der Waals surface area contributed by atoms with Gasteiger partial charge in [0.05, 0.1) is 5.52 Å². The van der Waals surface area contributed by atoms with Gasteiger partial charge in [0.25, 0.3) is 0 Å². The molecule has 2 heterocycles. The van der Waals surface area contributed by atoms with E-state index in [0.717, 1.165) is 60.8 Å². The van der Waals surface area contributed by atoms with Crippen LogP contribution in [0.2, 0.25) is 0 Å². The maximum Gasteiger partial charge on any atom is 0.193 e. The Kier molecular flexibility index (Phi) is 7.00. The predicted molar refractivity (Wildman–Crippen MR) is 134 cm³/mol. The SMILES string of the molecule is CCCc1cccc(C(=O)c2ccc3c(c2)c(C2CCN(C(C)CCC)CC2)cn3N)c1. The molecule has 1 saturated heterocycles. The molecule has 0 amide bonds.